The lowest BCUT2D eigenvalue weighted by Gasteiger charge is -2.22. The molecular formula is C22H33N5O2. The smallest absolute Gasteiger partial charge is 0.261 e. The minimum atomic E-state index is -0.180. The average Bonchev–Trinajstić information content (AvgIpc) is 3.19. The van der Waals surface area contributed by atoms with Crippen LogP contribution in [0.1, 0.15) is 54.3 Å². The molecule has 2 unspecified atom stereocenters. The summed E-state index contributed by atoms with van der Waals surface area (Å²) >= 11 is 0. The van der Waals surface area contributed by atoms with Crippen LogP contribution >= 0.6 is 0 Å². The highest BCUT2D eigenvalue weighted by Crippen LogP contribution is 2.22. The van der Waals surface area contributed by atoms with Crippen molar-refractivity contribution in [3.8, 4) is 0 Å². The molecule has 0 aliphatic carbocycles. The molecule has 0 aromatic heterocycles. The largest absolute Gasteiger partial charge is 0.356 e. The fraction of sp³-hybridized carbons (Fsp3) is 0.591. The Kier molecular flexibility index (Phi) is 6.90. The fourth-order valence-corrected chi connectivity index (χ4v) is 4.03. The van der Waals surface area contributed by atoms with Gasteiger partial charge in [0.05, 0.1) is 11.1 Å². The molecule has 3 rings (SSSR count). The lowest BCUT2D eigenvalue weighted by molar-refractivity contribution is 0.0652. The Morgan fingerprint density at radius 1 is 1.14 bits per heavy atom. The van der Waals surface area contributed by atoms with Crippen molar-refractivity contribution >= 4 is 17.8 Å². The minimum absolute atomic E-state index is 0.180. The molecule has 2 aliphatic heterocycles. The van der Waals surface area contributed by atoms with Crippen molar-refractivity contribution in [2.24, 2.45) is 10.9 Å². The number of guanidine groups is 1. The third-order valence-electron chi connectivity index (χ3n) is 5.90. The summed E-state index contributed by atoms with van der Waals surface area (Å²) in [5.41, 5.74) is 1.03. The number of unbranched alkanes of at least 4 members (excludes halogenated alkanes) is 1. The molecule has 1 aromatic rings. The van der Waals surface area contributed by atoms with Crippen LogP contribution in [0.4, 0.5) is 0 Å². The number of hydrogen-bond acceptors (Lipinski definition) is 4. The van der Waals surface area contributed by atoms with Gasteiger partial charge >= 0.3 is 0 Å². The van der Waals surface area contributed by atoms with Crippen molar-refractivity contribution in [2.45, 2.75) is 45.7 Å². The molecule has 2 amide bonds. The van der Waals surface area contributed by atoms with E-state index in [0.717, 1.165) is 38.4 Å². The highest BCUT2D eigenvalue weighted by molar-refractivity contribution is 6.21. The topological polar surface area (TPSA) is 77.0 Å². The molecule has 7 nitrogen and oxygen atoms in total. The minimum Gasteiger partial charge on any atom is -0.356 e. The van der Waals surface area contributed by atoms with Crippen LogP contribution in [-0.2, 0) is 0 Å². The second-order valence-corrected chi connectivity index (χ2v) is 8.29. The van der Waals surface area contributed by atoms with Crippen LogP contribution in [0.5, 0.6) is 0 Å². The van der Waals surface area contributed by atoms with E-state index >= 15 is 0 Å². The van der Waals surface area contributed by atoms with E-state index in [9.17, 15) is 9.59 Å². The molecule has 0 bridgehead atoms. The van der Waals surface area contributed by atoms with Gasteiger partial charge < -0.3 is 10.6 Å². The Hall–Kier alpha value is -2.41. The number of nitrogens with zero attached hydrogens (tertiary/aromatic N) is 3. The van der Waals surface area contributed by atoms with Crippen LogP contribution < -0.4 is 10.6 Å². The van der Waals surface area contributed by atoms with Gasteiger partial charge in [-0.2, -0.15) is 0 Å². The standard InChI is InChI=1S/C22H33N5O2/c1-15(2)26-13-16(3)19(14-26)25-22(23-4)24-11-7-8-12-27-20(28)17-9-5-6-10-18(17)21(27)29/h5-6,9-10,15-16,19H,7-8,11-14H2,1-4H3,(H2,23,24,25). The third kappa shape index (κ3) is 4.78. The first kappa shape index (κ1) is 21.3. The normalized spacial score (nSPS) is 22.5. The van der Waals surface area contributed by atoms with E-state index in [-0.39, 0.29) is 11.8 Å². The number of amides is 2. The molecule has 0 radical (unpaired) electrons. The molecule has 1 fully saturated rings. The van der Waals surface area contributed by atoms with Gasteiger partial charge in [-0.25, -0.2) is 0 Å². The Balaban J connectivity index is 1.39. The van der Waals surface area contributed by atoms with Gasteiger partial charge in [0.15, 0.2) is 5.96 Å². The first-order chi connectivity index (χ1) is 13.9. The summed E-state index contributed by atoms with van der Waals surface area (Å²) < 4.78 is 0. The zero-order valence-electron chi connectivity index (χ0n) is 17.9. The molecule has 1 aromatic carbocycles. The summed E-state index contributed by atoms with van der Waals surface area (Å²) in [4.78, 5) is 32.9. The predicted octanol–water partition coefficient (Wildman–Crippen LogP) is 1.96. The Morgan fingerprint density at radius 2 is 1.79 bits per heavy atom. The Bertz CT molecular complexity index is 741. The zero-order valence-corrected chi connectivity index (χ0v) is 17.9. The van der Waals surface area contributed by atoms with E-state index in [2.05, 4.69) is 41.3 Å². The molecule has 158 valence electrons. The number of carbonyl (C=O) groups excluding carboxylic acids is 2. The quantitative estimate of drug-likeness (QED) is 0.317. The van der Waals surface area contributed by atoms with Crippen molar-refractivity contribution in [2.75, 3.05) is 33.2 Å². The second kappa shape index (κ2) is 9.39. The maximum atomic E-state index is 12.4. The van der Waals surface area contributed by atoms with E-state index in [0.29, 0.717) is 35.7 Å². The summed E-state index contributed by atoms with van der Waals surface area (Å²) in [6.45, 7) is 10.1. The lowest BCUT2D eigenvalue weighted by atomic mass is 10.1. The molecule has 29 heavy (non-hydrogen) atoms. The molecule has 0 saturated carbocycles. The monoisotopic (exact) mass is 399 g/mol. The molecule has 2 N–H and O–H groups in total. The summed E-state index contributed by atoms with van der Waals surface area (Å²) in [5, 5.41) is 6.89. The first-order valence-electron chi connectivity index (χ1n) is 10.6. The number of likely N-dealkylation sites (tertiary alicyclic amines) is 1. The van der Waals surface area contributed by atoms with E-state index in [1.165, 1.54) is 4.90 Å². The summed E-state index contributed by atoms with van der Waals surface area (Å²) in [6.07, 6.45) is 1.61. The fourth-order valence-electron chi connectivity index (χ4n) is 4.03. The van der Waals surface area contributed by atoms with Gasteiger partial charge in [-0.1, -0.05) is 19.1 Å². The zero-order chi connectivity index (χ0) is 21.0. The van der Waals surface area contributed by atoms with E-state index < -0.39 is 0 Å². The molecule has 1 saturated heterocycles. The summed E-state index contributed by atoms with van der Waals surface area (Å²) in [6, 6.07) is 7.97. The number of carbonyl (C=O) groups is 2. The van der Waals surface area contributed by atoms with E-state index in [1.54, 1.807) is 31.3 Å². The Labute approximate surface area is 173 Å². The SMILES string of the molecule is CN=C(NCCCCN1C(=O)c2ccccc2C1=O)NC1CN(C(C)C)CC1C. The van der Waals surface area contributed by atoms with Crippen molar-refractivity contribution in [3.63, 3.8) is 0 Å². The van der Waals surface area contributed by atoms with Crippen LogP contribution in [0.2, 0.25) is 0 Å². The van der Waals surface area contributed by atoms with E-state index in [1.807, 2.05) is 0 Å². The lowest BCUT2D eigenvalue weighted by Crippen LogP contribution is -2.47. The number of nitrogens with one attached hydrogen (secondary N) is 2. The van der Waals surface area contributed by atoms with Crippen molar-refractivity contribution < 1.29 is 9.59 Å². The van der Waals surface area contributed by atoms with Crippen LogP contribution in [0, 0.1) is 5.92 Å². The third-order valence-corrected chi connectivity index (χ3v) is 5.90. The number of fused-ring (bicyclic) bond motifs is 1. The molecule has 7 heteroatoms. The number of aliphatic imine (C=N–C) groups is 1. The van der Waals surface area contributed by atoms with Crippen molar-refractivity contribution in [1.82, 2.24) is 20.4 Å². The highest BCUT2D eigenvalue weighted by atomic mass is 16.2. The van der Waals surface area contributed by atoms with E-state index in [4.69, 9.17) is 0 Å². The van der Waals surface area contributed by atoms with Gasteiger partial charge in [0.25, 0.3) is 11.8 Å². The van der Waals surface area contributed by atoms with Crippen LogP contribution in [0.15, 0.2) is 29.3 Å². The van der Waals surface area contributed by atoms with Crippen molar-refractivity contribution in [1.29, 1.82) is 0 Å². The van der Waals surface area contributed by atoms with Crippen LogP contribution in [0.25, 0.3) is 0 Å². The van der Waals surface area contributed by atoms with Gasteiger partial charge in [0.2, 0.25) is 0 Å². The van der Waals surface area contributed by atoms with Gasteiger partial charge in [-0.3, -0.25) is 24.4 Å². The van der Waals surface area contributed by atoms with Gasteiger partial charge in [0.1, 0.15) is 0 Å². The summed E-state index contributed by atoms with van der Waals surface area (Å²) in [5.74, 6) is 1.03. The van der Waals surface area contributed by atoms with Gasteiger partial charge in [-0.15, -0.1) is 0 Å². The molecule has 2 heterocycles. The Morgan fingerprint density at radius 3 is 2.34 bits per heavy atom. The maximum Gasteiger partial charge on any atom is 0.261 e. The maximum absolute atomic E-state index is 12.4. The molecule has 2 atom stereocenters. The second-order valence-electron chi connectivity index (χ2n) is 8.29. The summed E-state index contributed by atoms with van der Waals surface area (Å²) in [7, 11) is 1.79. The van der Waals surface area contributed by atoms with Crippen LogP contribution in [-0.4, -0.2) is 72.9 Å². The van der Waals surface area contributed by atoms with Gasteiger partial charge in [0, 0.05) is 45.3 Å². The number of imide groups is 1. The predicted molar refractivity (Wildman–Crippen MR) is 115 cm³/mol. The molecule has 0 spiro atoms. The van der Waals surface area contributed by atoms with Gasteiger partial charge in [-0.05, 0) is 44.7 Å². The first-order valence-corrected chi connectivity index (χ1v) is 10.6. The number of benzene rings is 1. The average molecular weight is 400 g/mol. The molecular weight excluding hydrogens is 366 g/mol. The highest BCUT2D eigenvalue weighted by Gasteiger charge is 2.34. The van der Waals surface area contributed by atoms with Crippen molar-refractivity contribution in [3.05, 3.63) is 35.4 Å². The number of hydrogen-bond donors (Lipinski definition) is 2. The van der Waals surface area contributed by atoms with Crippen LogP contribution in [0.3, 0.4) is 0 Å². The number of rotatable bonds is 7. The molecule has 2 aliphatic rings.